The van der Waals surface area contributed by atoms with Crippen molar-refractivity contribution in [3.8, 4) is 11.5 Å². The Kier molecular flexibility index (Phi) is 7.14. The Balaban J connectivity index is 1.67. The van der Waals surface area contributed by atoms with Gasteiger partial charge in [0.2, 0.25) is 0 Å². The van der Waals surface area contributed by atoms with Crippen LogP contribution in [0.1, 0.15) is 58.4 Å². The molecule has 10 heteroatoms. The number of nitrogens with zero attached hydrogens (tertiary/aromatic N) is 2. The van der Waals surface area contributed by atoms with Crippen LogP contribution in [0.3, 0.4) is 0 Å². The first-order valence-corrected chi connectivity index (χ1v) is 13.4. The maximum Gasteiger partial charge on any atom is 0.350 e. The lowest BCUT2D eigenvalue weighted by Gasteiger charge is -2.23. The van der Waals surface area contributed by atoms with Crippen molar-refractivity contribution in [3.63, 3.8) is 0 Å². The van der Waals surface area contributed by atoms with Crippen molar-refractivity contribution in [2.24, 2.45) is 0 Å². The van der Waals surface area contributed by atoms with Crippen LogP contribution in [0.15, 0.2) is 48.0 Å². The number of ether oxygens (including phenoxy) is 3. The molecule has 0 aliphatic carbocycles. The fourth-order valence-corrected chi connectivity index (χ4v) is 5.84. The largest absolute Gasteiger partial charge is 0.507 e. The van der Waals surface area contributed by atoms with E-state index in [0.717, 1.165) is 29.1 Å². The van der Waals surface area contributed by atoms with E-state index in [4.69, 9.17) is 14.2 Å². The first kappa shape index (κ1) is 26.4. The van der Waals surface area contributed by atoms with Crippen molar-refractivity contribution in [1.29, 1.82) is 0 Å². The fraction of sp³-hybridized carbons (Fsp3) is 0.310. The number of hydrogen-bond acceptors (Lipinski definition) is 9. The van der Waals surface area contributed by atoms with Gasteiger partial charge in [-0.05, 0) is 61.7 Å². The number of esters is 1. The van der Waals surface area contributed by atoms with Crippen molar-refractivity contribution in [1.82, 2.24) is 4.98 Å². The molecule has 0 spiro atoms. The summed E-state index contributed by atoms with van der Waals surface area (Å²) in [7, 11) is 1.26. The van der Waals surface area contributed by atoms with E-state index in [0.29, 0.717) is 35.6 Å². The lowest BCUT2D eigenvalue weighted by molar-refractivity contribution is -0.132. The zero-order valence-electron chi connectivity index (χ0n) is 22.0. The topological polar surface area (TPSA) is 115 Å². The first-order chi connectivity index (χ1) is 18.7. The highest BCUT2D eigenvalue weighted by molar-refractivity contribution is 7.17. The van der Waals surface area contributed by atoms with E-state index in [1.54, 1.807) is 49.4 Å². The van der Waals surface area contributed by atoms with E-state index in [9.17, 15) is 19.5 Å². The minimum Gasteiger partial charge on any atom is -0.507 e. The standard InChI is InChI=1S/C29H28N2O7S/c1-5-11-37-20-8-6-7-17(14-20)23-22(24(32)18-9-10-21-19(13-18)12-15(2)38-21)25(33)27(34)31(23)29-30-16(3)26(39-29)28(35)36-4/h6-10,13-15,23,32H,5,11-12H2,1-4H3/t15-,23-/m0/s1. The van der Waals surface area contributed by atoms with Crippen molar-refractivity contribution in [3.05, 3.63) is 75.3 Å². The van der Waals surface area contributed by atoms with E-state index >= 15 is 0 Å². The smallest absolute Gasteiger partial charge is 0.350 e. The Morgan fingerprint density at radius 3 is 2.77 bits per heavy atom. The number of ketones is 1. The third kappa shape index (κ3) is 4.76. The van der Waals surface area contributed by atoms with Crippen LogP contribution in [-0.2, 0) is 20.7 Å². The normalized spacial score (nSPS) is 19.6. The molecule has 2 aliphatic rings. The van der Waals surface area contributed by atoms with Crippen molar-refractivity contribution >= 4 is 39.9 Å². The van der Waals surface area contributed by atoms with Crippen molar-refractivity contribution in [2.45, 2.75) is 45.8 Å². The number of carbonyl (C=O) groups excluding carboxylic acids is 3. The van der Waals surface area contributed by atoms with E-state index in [1.165, 1.54) is 12.0 Å². The molecule has 39 heavy (non-hydrogen) atoms. The summed E-state index contributed by atoms with van der Waals surface area (Å²) in [5.41, 5.74) is 2.15. The van der Waals surface area contributed by atoms with Crippen LogP contribution < -0.4 is 14.4 Å². The van der Waals surface area contributed by atoms with Gasteiger partial charge in [0.1, 0.15) is 28.2 Å². The summed E-state index contributed by atoms with van der Waals surface area (Å²) in [4.78, 5) is 45.2. The van der Waals surface area contributed by atoms with Gasteiger partial charge in [0.05, 0.1) is 31.0 Å². The maximum atomic E-state index is 13.5. The molecule has 202 valence electrons. The molecule has 0 bridgehead atoms. The summed E-state index contributed by atoms with van der Waals surface area (Å²) in [6, 6.07) is 11.3. The number of benzene rings is 2. The van der Waals surface area contributed by atoms with Crippen molar-refractivity contribution < 1.29 is 33.7 Å². The SMILES string of the molecule is CCCOc1cccc([C@H]2C(=C(O)c3ccc4c(c3)C[C@H](C)O4)C(=O)C(=O)N2c2nc(C)c(C(=O)OC)s2)c1. The van der Waals surface area contributed by atoms with Crippen LogP contribution in [0.2, 0.25) is 0 Å². The number of aryl methyl sites for hydroxylation is 1. The van der Waals surface area contributed by atoms with Gasteiger partial charge in [-0.1, -0.05) is 30.4 Å². The highest BCUT2D eigenvalue weighted by Crippen LogP contribution is 2.45. The molecule has 1 N–H and O–H groups in total. The highest BCUT2D eigenvalue weighted by atomic mass is 32.1. The average Bonchev–Trinajstić information content (AvgIpc) is 3.58. The van der Waals surface area contributed by atoms with Gasteiger partial charge >= 0.3 is 11.9 Å². The molecule has 0 saturated carbocycles. The Bertz CT molecular complexity index is 1510. The highest BCUT2D eigenvalue weighted by Gasteiger charge is 2.48. The van der Waals surface area contributed by atoms with Crippen LogP contribution >= 0.6 is 11.3 Å². The molecule has 1 saturated heterocycles. The number of aromatic nitrogens is 1. The molecule has 5 rings (SSSR count). The molecule has 9 nitrogen and oxygen atoms in total. The molecule has 0 unspecified atom stereocenters. The number of amides is 1. The van der Waals surface area contributed by atoms with Crippen molar-refractivity contribution in [2.75, 3.05) is 18.6 Å². The predicted molar refractivity (Wildman–Crippen MR) is 145 cm³/mol. The van der Waals surface area contributed by atoms with Gasteiger partial charge in [-0.2, -0.15) is 0 Å². The molecule has 2 aromatic carbocycles. The molecule has 3 aromatic rings. The van der Waals surface area contributed by atoms with Crippen LogP contribution in [0.5, 0.6) is 11.5 Å². The van der Waals surface area contributed by atoms with Gasteiger partial charge in [-0.3, -0.25) is 14.5 Å². The number of aliphatic hydroxyl groups is 1. The van der Waals surface area contributed by atoms with Crippen LogP contribution in [0, 0.1) is 6.92 Å². The number of methoxy groups -OCH3 is 1. The van der Waals surface area contributed by atoms with E-state index < -0.39 is 23.7 Å². The predicted octanol–water partition coefficient (Wildman–Crippen LogP) is 4.98. The third-order valence-corrected chi connectivity index (χ3v) is 7.76. The van der Waals surface area contributed by atoms with Gasteiger partial charge < -0.3 is 19.3 Å². The second-order valence-corrected chi connectivity index (χ2v) is 10.4. The molecular weight excluding hydrogens is 520 g/mol. The van der Waals surface area contributed by atoms with Gasteiger partial charge in [-0.15, -0.1) is 0 Å². The van der Waals surface area contributed by atoms with Crippen LogP contribution in [0.25, 0.3) is 5.76 Å². The van der Waals surface area contributed by atoms with E-state index in [1.807, 2.05) is 13.8 Å². The number of Topliss-reactive ketones (excluding diaryl/α,β-unsaturated/α-hetero) is 1. The first-order valence-electron chi connectivity index (χ1n) is 12.6. The number of thiazole rings is 1. The molecule has 3 heterocycles. The summed E-state index contributed by atoms with van der Waals surface area (Å²) < 4.78 is 16.4. The second-order valence-electron chi connectivity index (χ2n) is 9.45. The minimum atomic E-state index is -1.00. The molecule has 1 fully saturated rings. The number of fused-ring (bicyclic) bond motifs is 1. The third-order valence-electron chi connectivity index (χ3n) is 6.62. The number of hydrogen-bond donors (Lipinski definition) is 1. The van der Waals surface area contributed by atoms with E-state index in [-0.39, 0.29) is 27.4 Å². The number of carbonyl (C=O) groups is 3. The molecular formula is C29H28N2O7S. The lowest BCUT2D eigenvalue weighted by atomic mass is 9.94. The van der Waals surface area contributed by atoms with Gasteiger partial charge in [0.25, 0.3) is 5.78 Å². The van der Waals surface area contributed by atoms with Gasteiger partial charge in [-0.25, -0.2) is 9.78 Å². The zero-order valence-corrected chi connectivity index (χ0v) is 22.8. The quantitative estimate of drug-likeness (QED) is 0.190. The molecule has 2 atom stereocenters. The van der Waals surface area contributed by atoms with E-state index in [2.05, 4.69) is 4.98 Å². The summed E-state index contributed by atoms with van der Waals surface area (Å²) in [5.74, 6) is -1.31. The van der Waals surface area contributed by atoms with Gasteiger partial charge in [0.15, 0.2) is 5.13 Å². The van der Waals surface area contributed by atoms with Crippen LogP contribution in [0.4, 0.5) is 5.13 Å². The molecule has 2 aliphatic heterocycles. The summed E-state index contributed by atoms with van der Waals surface area (Å²) >= 11 is 0.953. The summed E-state index contributed by atoms with van der Waals surface area (Å²) in [6.07, 6.45) is 1.48. The molecule has 1 amide bonds. The Morgan fingerprint density at radius 2 is 2.03 bits per heavy atom. The Labute approximate surface area is 229 Å². The Morgan fingerprint density at radius 1 is 1.23 bits per heavy atom. The lowest BCUT2D eigenvalue weighted by Crippen LogP contribution is -2.29. The van der Waals surface area contributed by atoms with Crippen LogP contribution in [-0.4, -0.2) is 47.6 Å². The van der Waals surface area contributed by atoms with Gasteiger partial charge in [0, 0.05) is 12.0 Å². The summed E-state index contributed by atoms with van der Waals surface area (Å²) in [5, 5.41) is 11.7. The monoisotopic (exact) mass is 548 g/mol. The average molecular weight is 549 g/mol. The zero-order chi connectivity index (χ0) is 27.8. The second kappa shape index (κ2) is 10.5. The molecule has 1 aromatic heterocycles. The fourth-order valence-electron chi connectivity index (χ4n) is 4.83. The number of rotatable bonds is 7. The molecule has 0 radical (unpaired) electrons. The minimum absolute atomic E-state index is 0.00554. The summed E-state index contributed by atoms with van der Waals surface area (Å²) in [6.45, 7) is 6.07. The Hall–Kier alpha value is -4.18. The number of anilines is 1. The number of aliphatic hydroxyl groups excluding tert-OH is 1. The maximum absolute atomic E-state index is 13.5.